The first-order chi connectivity index (χ1) is 17.0. The van der Waals surface area contributed by atoms with Crippen molar-refractivity contribution in [3.63, 3.8) is 0 Å². The molecule has 3 heterocycles. The fourth-order valence-electron chi connectivity index (χ4n) is 5.34. The molecular formula is C28H32N2O5. The van der Waals surface area contributed by atoms with Gasteiger partial charge in [-0.05, 0) is 74.9 Å². The molecule has 7 heteroatoms. The highest BCUT2D eigenvalue weighted by atomic mass is 16.5. The Labute approximate surface area is 206 Å². The normalized spacial score (nSPS) is 23.6. The predicted molar refractivity (Wildman–Crippen MR) is 131 cm³/mol. The number of fused-ring (bicyclic) bond motifs is 1. The molecule has 2 aromatic rings. The standard InChI is InChI=1S/C28H32N2O5/c1-4-14-34-21-11-10-18(16-22(21)33-5-2)25-24-26(31)19-8-6-7-9-20(19)35-27(24)28(32)30(25)23-15-17(3)12-13-29-23/h10-13,15-16,19-20,25H,4-9,14H2,1-3H3. The number of nitrogens with zero attached hydrogens (tertiary/aromatic N) is 2. The average Bonchev–Trinajstić information content (AvgIpc) is 3.16. The molecule has 0 N–H and O–H groups in total. The number of pyridine rings is 1. The molecule has 1 aromatic heterocycles. The lowest BCUT2D eigenvalue weighted by Crippen LogP contribution is -2.39. The maximum absolute atomic E-state index is 13.8. The summed E-state index contributed by atoms with van der Waals surface area (Å²) in [5.74, 6) is 1.42. The Kier molecular flexibility index (Phi) is 6.50. The minimum atomic E-state index is -0.637. The quantitative estimate of drug-likeness (QED) is 0.555. The number of benzene rings is 1. The SMILES string of the molecule is CCCOc1ccc(C2C3=C(OC4CCCCC4C3=O)C(=O)N2c2cc(C)ccn2)cc1OCC. The van der Waals surface area contributed by atoms with Crippen LogP contribution in [-0.4, -0.2) is 36.0 Å². The van der Waals surface area contributed by atoms with Crippen molar-refractivity contribution in [2.45, 2.75) is 65.0 Å². The number of anilines is 1. The van der Waals surface area contributed by atoms with E-state index in [1.807, 2.05) is 51.1 Å². The molecule has 0 saturated heterocycles. The molecule has 7 nitrogen and oxygen atoms in total. The zero-order valence-corrected chi connectivity index (χ0v) is 20.6. The van der Waals surface area contributed by atoms with Gasteiger partial charge in [0.2, 0.25) is 0 Å². The Morgan fingerprint density at radius 3 is 2.66 bits per heavy atom. The molecule has 1 amide bonds. The number of aryl methyl sites for hydroxylation is 1. The zero-order valence-electron chi connectivity index (χ0n) is 20.6. The average molecular weight is 477 g/mol. The minimum absolute atomic E-state index is 0.0220. The molecule has 3 aliphatic rings. The maximum Gasteiger partial charge on any atom is 0.295 e. The lowest BCUT2D eigenvalue weighted by atomic mass is 9.77. The van der Waals surface area contributed by atoms with Crippen LogP contribution in [0, 0.1) is 12.8 Å². The third kappa shape index (κ3) is 4.17. The van der Waals surface area contributed by atoms with E-state index in [0.29, 0.717) is 36.1 Å². The summed E-state index contributed by atoms with van der Waals surface area (Å²) in [4.78, 5) is 33.7. The lowest BCUT2D eigenvalue weighted by molar-refractivity contribution is -0.131. The van der Waals surface area contributed by atoms with Gasteiger partial charge < -0.3 is 14.2 Å². The number of carbonyl (C=O) groups excluding carboxylic acids is 2. The number of hydrogen-bond donors (Lipinski definition) is 0. The van der Waals surface area contributed by atoms with Gasteiger partial charge in [0.15, 0.2) is 23.0 Å². The second-order valence-corrected chi connectivity index (χ2v) is 9.41. The number of ketones is 1. The van der Waals surface area contributed by atoms with Crippen molar-refractivity contribution >= 4 is 17.5 Å². The second kappa shape index (κ2) is 9.72. The summed E-state index contributed by atoms with van der Waals surface area (Å²) >= 11 is 0. The van der Waals surface area contributed by atoms with Crippen LogP contribution in [0.4, 0.5) is 5.82 Å². The van der Waals surface area contributed by atoms with Gasteiger partial charge in [-0.1, -0.05) is 19.4 Å². The third-order valence-electron chi connectivity index (χ3n) is 6.96. The minimum Gasteiger partial charge on any atom is -0.490 e. The monoisotopic (exact) mass is 476 g/mol. The highest BCUT2D eigenvalue weighted by molar-refractivity contribution is 6.17. The van der Waals surface area contributed by atoms with Gasteiger partial charge in [0.05, 0.1) is 30.7 Å². The van der Waals surface area contributed by atoms with Crippen LogP contribution in [0.25, 0.3) is 0 Å². The molecule has 1 saturated carbocycles. The van der Waals surface area contributed by atoms with Crippen molar-refractivity contribution in [2.75, 3.05) is 18.1 Å². The molecule has 0 radical (unpaired) electrons. The van der Waals surface area contributed by atoms with Gasteiger partial charge in [-0.15, -0.1) is 0 Å². The van der Waals surface area contributed by atoms with Crippen LogP contribution >= 0.6 is 0 Å². The highest BCUT2D eigenvalue weighted by Gasteiger charge is 2.52. The molecule has 0 spiro atoms. The highest BCUT2D eigenvalue weighted by Crippen LogP contribution is 2.49. The van der Waals surface area contributed by atoms with Gasteiger partial charge >= 0.3 is 0 Å². The fourth-order valence-corrected chi connectivity index (χ4v) is 5.34. The summed E-state index contributed by atoms with van der Waals surface area (Å²) in [7, 11) is 0. The van der Waals surface area contributed by atoms with Crippen molar-refractivity contribution in [1.29, 1.82) is 0 Å². The van der Waals surface area contributed by atoms with Gasteiger partial charge in [0.1, 0.15) is 11.9 Å². The summed E-state index contributed by atoms with van der Waals surface area (Å²) in [6.45, 7) is 6.97. The number of carbonyl (C=O) groups is 2. The Balaban J connectivity index is 1.63. The van der Waals surface area contributed by atoms with E-state index in [4.69, 9.17) is 14.2 Å². The molecule has 35 heavy (non-hydrogen) atoms. The molecule has 3 atom stereocenters. The van der Waals surface area contributed by atoms with Crippen molar-refractivity contribution in [3.05, 3.63) is 59.0 Å². The molecule has 3 unspecified atom stereocenters. The molecule has 2 aliphatic heterocycles. The molecule has 5 rings (SSSR count). The Bertz CT molecular complexity index is 1170. The van der Waals surface area contributed by atoms with E-state index in [-0.39, 0.29) is 29.5 Å². The predicted octanol–water partition coefficient (Wildman–Crippen LogP) is 5.08. The van der Waals surface area contributed by atoms with Crippen molar-refractivity contribution < 1.29 is 23.8 Å². The van der Waals surface area contributed by atoms with Crippen LogP contribution in [0.15, 0.2) is 47.9 Å². The molecule has 1 aliphatic carbocycles. The summed E-state index contributed by atoms with van der Waals surface area (Å²) in [5, 5.41) is 0. The van der Waals surface area contributed by atoms with Gasteiger partial charge in [-0.25, -0.2) is 4.98 Å². The fraction of sp³-hybridized carbons (Fsp3) is 0.464. The maximum atomic E-state index is 13.8. The Morgan fingerprint density at radius 1 is 1.06 bits per heavy atom. The van der Waals surface area contributed by atoms with E-state index in [1.54, 1.807) is 11.1 Å². The van der Waals surface area contributed by atoms with Gasteiger partial charge in [-0.2, -0.15) is 0 Å². The second-order valence-electron chi connectivity index (χ2n) is 9.41. The number of rotatable bonds is 7. The van der Waals surface area contributed by atoms with E-state index in [9.17, 15) is 9.59 Å². The van der Waals surface area contributed by atoms with E-state index in [2.05, 4.69) is 4.98 Å². The van der Waals surface area contributed by atoms with E-state index in [0.717, 1.165) is 43.2 Å². The number of hydrogen-bond acceptors (Lipinski definition) is 6. The van der Waals surface area contributed by atoms with Crippen LogP contribution in [0.1, 0.15) is 63.1 Å². The van der Waals surface area contributed by atoms with Crippen LogP contribution in [0.2, 0.25) is 0 Å². The van der Waals surface area contributed by atoms with Crippen molar-refractivity contribution in [3.8, 4) is 11.5 Å². The number of amides is 1. The molecule has 184 valence electrons. The van der Waals surface area contributed by atoms with E-state index < -0.39 is 6.04 Å². The van der Waals surface area contributed by atoms with Crippen LogP contribution < -0.4 is 14.4 Å². The molecular weight excluding hydrogens is 444 g/mol. The first-order valence-corrected chi connectivity index (χ1v) is 12.6. The summed E-state index contributed by atoms with van der Waals surface area (Å²) in [5.41, 5.74) is 2.18. The Hall–Kier alpha value is -3.35. The van der Waals surface area contributed by atoms with Gasteiger partial charge in [0, 0.05) is 6.20 Å². The summed E-state index contributed by atoms with van der Waals surface area (Å²) in [6, 6.07) is 8.76. The van der Waals surface area contributed by atoms with Gasteiger partial charge in [0.25, 0.3) is 5.91 Å². The van der Waals surface area contributed by atoms with Crippen LogP contribution in [-0.2, 0) is 14.3 Å². The topological polar surface area (TPSA) is 78.0 Å². The van der Waals surface area contributed by atoms with Crippen molar-refractivity contribution in [1.82, 2.24) is 4.98 Å². The Morgan fingerprint density at radius 2 is 1.89 bits per heavy atom. The first kappa shape index (κ1) is 23.4. The van der Waals surface area contributed by atoms with Crippen LogP contribution in [0.5, 0.6) is 11.5 Å². The van der Waals surface area contributed by atoms with E-state index in [1.165, 1.54) is 0 Å². The summed E-state index contributed by atoms with van der Waals surface area (Å²) in [6.07, 6.45) is 5.93. The number of ether oxygens (including phenoxy) is 3. The number of aromatic nitrogens is 1. The third-order valence-corrected chi connectivity index (χ3v) is 6.96. The first-order valence-electron chi connectivity index (χ1n) is 12.6. The summed E-state index contributed by atoms with van der Waals surface area (Å²) < 4.78 is 18.0. The van der Waals surface area contributed by atoms with Gasteiger partial charge in [-0.3, -0.25) is 14.5 Å². The number of Topliss-reactive ketones (excluding diaryl/α,β-unsaturated/α-hetero) is 1. The molecule has 0 bridgehead atoms. The zero-order chi connectivity index (χ0) is 24.5. The van der Waals surface area contributed by atoms with Crippen LogP contribution in [0.3, 0.4) is 0 Å². The molecule has 1 aromatic carbocycles. The lowest BCUT2D eigenvalue weighted by Gasteiger charge is -2.35. The largest absolute Gasteiger partial charge is 0.490 e. The molecule has 1 fully saturated rings. The smallest absolute Gasteiger partial charge is 0.295 e. The van der Waals surface area contributed by atoms with E-state index >= 15 is 0 Å². The van der Waals surface area contributed by atoms with Crippen molar-refractivity contribution in [2.24, 2.45) is 5.92 Å².